The highest BCUT2D eigenvalue weighted by Gasteiger charge is 2.68. The van der Waals surface area contributed by atoms with Gasteiger partial charge >= 0.3 is 0 Å². The third kappa shape index (κ3) is 2.36. The molecule has 1 saturated carbocycles. The standard InChI is InChI=1S/C25H37NO4/c1-8-16-29-20-18-13(2)9-12-25(27,23(18,4)5)14(3)19-17-15(28-22(17)26-7)10-11-24(19,6)21(20)30-16/h8,10-11,14-17,19-22,26-27H,1,9,12H2,2-7H3. The van der Waals surface area contributed by atoms with E-state index < -0.39 is 17.3 Å². The summed E-state index contributed by atoms with van der Waals surface area (Å²) in [5.41, 5.74) is 1.05. The summed E-state index contributed by atoms with van der Waals surface area (Å²) in [4.78, 5) is 0. The van der Waals surface area contributed by atoms with Crippen molar-refractivity contribution in [1.29, 1.82) is 0 Å². The van der Waals surface area contributed by atoms with E-state index in [1.54, 1.807) is 6.08 Å². The molecule has 2 bridgehead atoms. The van der Waals surface area contributed by atoms with Crippen LogP contribution in [0.2, 0.25) is 0 Å². The SMILES string of the molecule is C=CC1OC2C3=C(C)CCC(O)(C(C)C4C5C(C=CC4(C)C2O1)OC5NC)C3(C)C. The lowest BCUT2D eigenvalue weighted by Crippen LogP contribution is -2.70. The Bertz CT molecular complexity index is 818. The van der Waals surface area contributed by atoms with Crippen LogP contribution in [0.3, 0.4) is 0 Å². The van der Waals surface area contributed by atoms with Crippen molar-refractivity contribution in [1.82, 2.24) is 5.32 Å². The fraction of sp³-hybridized carbons (Fsp3) is 0.760. The Morgan fingerprint density at radius 2 is 1.97 bits per heavy atom. The molecule has 5 rings (SSSR count). The van der Waals surface area contributed by atoms with E-state index in [-0.39, 0.29) is 41.8 Å². The van der Waals surface area contributed by atoms with Crippen molar-refractivity contribution in [3.05, 3.63) is 36.0 Å². The second-order valence-corrected chi connectivity index (χ2v) is 10.9. The number of aliphatic hydroxyl groups is 1. The molecule has 2 saturated heterocycles. The zero-order chi connectivity index (χ0) is 21.6. The second-order valence-electron chi connectivity index (χ2n) is 10.9. The van der Waals surface area contributed by atoms with E-state index in [2.05, 4.69) is 58.7 Å². The van der Waals surface area contributed by atoms with Crippen LogP contribution in [0.15, 0.2) is 36.0 Å². The molecule has 0 aromatic rings. The van der Waals surface area contributed by atoms with Crippen LogP contribution in [0.4, 0.5) is 0 Å². The lowest BCUT2D eigenvalue weighted by atomic mass is 9.45. The van der Waals surface area contributed by atoms with Crippen LogP contribution < -0.4 is 5.32 Å². The summed E-state index contributed by atoms with van der Waals surface area (Å²) >= 11 is 0. The lowest BCUT2D eigenvalue weighted by Gasteiger charge is -2.65. The molecule has 10 atom stereocenters. The van der Waals surface area contributed by atoms with E-state index in [0.29, 0.717) is 5.92 Å². The first-order valence-electron chi connectivity index (χ1n) is 11.5. The van der Waals surface area contributed by atoms with E-state index in [1.807, 2.05) is 7.05 Å². The molecular weight excluding hydrogens is 378 g/mol. The number of allylic oxidation sites excluding steroid dienone is 1. The molecule has 166 valence electrons. The molecule has 0 aromatic carbocycles. The normalized spacial score (nSPS) is 53.7. The summed E-state index contributed by atoms with van der Waals surface area (Å²) in [6.45, 7) is 15.1. The highest BCUT2D eigenvalue weighted by atomic mass is 16.7. The Hall–Kier alpha value is -0.980. The zero-order valence-corrected chi connectivity index (χ0v) is 19.1. The van der Waals surface area contributed by atoms with Gasteiger partial charge in [0.05, 0.1) is 11.7 Å². The minimum absolute atomic E-state index is 0.00539. The molecule has 2 aliphatic heterocycles. The summed E-state index contributed by atoms with van der Waals surface area (Å²) < 4.78 is 19.1. The quantitative estimate of drug-likeness (QED) is 0.676. The number of fused-ring (bicyclic) bond motifs is 8. The maximum Gasteiger partial charge on any atom is 0.177 e. The molecule has 10 unspecified atom stereocenters. The van der Waals surface area contributed by atoms with Gasteiger partial charge in [-0.3, -0.25) is 5.32 Å². The first kappa shape index (κ1) is 20.9. The monoisotopic (exact) mass is 415 g/mol. The number of hydrogen-bond donors (Lipinski definition) is 2. The molecule has 3 aliphatic carbocycles. The topological polar surface area (TPSA) is 60.0 Å². The Balaban J connectivity index is 1.74. The van der Waals surface area contributed by atoms with Gasteiger partial charge < -0.3 is 19.3 Å². The molecule has 0 amide bonds. The van der Waals surface area contributed by atoms with Gasteiger partial charge in [0.15, 0.2) is 6.29 Å². The lowest BCUT2D eigenvalue weighted by molar-refractivity contribution is -0.255. The second kappa shape index (κ2) is 6.52. The molecule has 0 spiro atoms. The van der Waals surface area contributed by atoms with Crippen molar-refractivity contribution in [2.45, 2.75) is 83.9 Å². The molecule has 0 radical (unpaired) electrons. The molecule has 3 fully saturated rings. The van der Waals surface area contributed by atoms with E-state index in [0.717, 1.165) is 12.8 Å². The van der Waals surface area contributed by atoms with Gasteiger partial charge in [0.2, 0.25) is 0 Å². The zero-order valence-electron chi connectivity index (χ0n) is 19.1. The predicted octanol–water partition coefficient (Wildman–Crippen LogP) is 3.55. The summed E-state index contributed by atoms with van der Waals surface area (Å²) in [7, 11) is 1.96. The van der Waals surface area contributed by atoms with Gasteiger partial charge in [0.1, 0.15) is 18.4 Å². The average Bonchev–Trinajstić information content (AvgIpc) is 3.11. The van der Waals surface area contributed by atoms with E-state index in [9.17, 15) is 5.11 Å². The molecule has 2 heterocycles. The summed E-state index contributed by atoms with van der Waals surface area (Å²) in [6.07, 6.45) is 7.25. The molecule has 2 N–H and O–H groups in total. The molecule has 5 nitrogen and oxygen atoms in total. The van der Waals surface area contributed by atoms with Crippen LogP contribution in [0.1, 0.15) is 47.5 Å². The molecular formula is C25H37NO4. The number of nitrogens with one attached hydrogen (secondary N) is 1. The van der Waals surface area contributed by atoms with E-state index in [1.165, 1.54) is 11.1 Å². The fourth-order valence-electron chi connectivity index (χ4n) is 7.80. The van der Waals surface area contributed by atoms with Crippen LogP contribution in [0.25, 0.3) is 0 Å². The summed E-state index contributed by atoms with van der Waals surface area (Å²) in [6, 6.07) is 0. The van der Waals surface area contributed by atoms with Crippen molar-refractivity contribution in [3.8, 4) is 0 Å². The minimum atomic E-state index is -0.821. The van der Waals surface area contributed by atoms with Gasteiger partial charge in [-0.25, -0.2) is 0 Å². The summed E-state index contributed by atoms with van der Waals surface area (Å²) in [5, 5.41) is 15.7. The molecule has 30 heavy (non-hydrogen) atoms. The highest BCUT2D eigenvalue weighted by Crippen LogP contribution is 2.65. The van der Waals surface area contributed by atoms with Crippen molar-refractivity contribution >= 4 is 0 Å². The van der Waals surface area contributed by atoms with Crippen LogP contribution in [0, 0.1) is 28.6 Å². The number of ether oxygens (including phenoxy) is 3. The highest BCUT2D eigenvalue weighted by molar-refractivity contribution is 5.38. The maximum atomic E-state index is 12.4. The first-order valence-corrected chi connectivity index (χ1v) is 11.5. The average molecular weight is 416 g/mol. The number of hydrogen-bond acceptors (Lipinski definition) is 5. The fourth-order valence-corrected chi connectivity index (χ4v) is 7.80. The van der Waals surface area contributed by atoms with Crippen LogP contribution in [-0.4, -0.2) is 48.6 Å². The molecule has 0 aromatic heterocycles. The number of rotatable bonds is 2. The van der Waals surface area contributed by atoms with Crippen LogP contribution in [0.5, 0.6) is 0 Å². The maximum absolute atomic E-state index is 12.4. The smallest absolute Gasteiger partial charge is 0.177 e. The van der Waals surface area contributed by atoms with E-state index >= 15 is 0 Å². The van der Waals surface area contributed by atoms with Crippen molar-refractivity contribution in [3.63, 3.8) is 0 Å². The van der Waals surface area contributed by atoms with Gasteiger partial charge in [-0.2, -0.15) is 0 Å². The van der Waals surface area contributed by atoms with Gasteiger partial charge in [-0.15, -0.1) is 0 Å². The summed E-state index contributed by atoms with van der Waals surface area (Å²) in [5.74, 6) is 0.563. The Kier molecular flexibility index (Phi) is 4.54. The van der Waals surface area contributed by atoms with Gasteiger partial charge in [0, 0.05) is 16.7 Å². The largest absolute Gasteiger partial charge is 0.389 e. The minimum Gasteiger partial charge on any atom is -0.389 e. The van der Waals surface area contributed by atoms with E-state index in [4.69, 9.17) is 14.2 Å². The van der Waals surface area contributed by atoms with Gasteiger partial charge in [-0.05, 0) is 50.3 Å². The van der Waals surface area contributed by atoms with Crippen molar-refractivity contribution in [2.75, 3.05) is 7.05 Å². The Morgan fingerprint density at radius 1 is 1.23 bits per heavy atom. The third-order valence-corrected chi connectivity index (χ3v) is 9.41. The van der Waals surface area contributed by atoms with Crippen molar-refractivity contribution < 1.29 is 19.3 Å². The van der Waals surface area contributed by atoms with Gasteiger partial charge in [0.25, 0.3) is 0 Å². The third-order valence-electron chi connectivity index (χ3n) is 9.41. The Labute approximate surface area is 180 Å². The van der Waals surface area contributed by atoms with Crippen LogP contribution in [-0.2, 0) is 14.2 Å². The van der Waals surface area contributed by atoms with Crippen molar-refractivity contribution in [2.24, 2.45) is 28.6 Å². The predicted molar refractivity (Wildman–Crippen MR) is 116 cm³/mol. The first-order chi connectivity index (χ1) is 14.1. The molecule has 5 heteroatoms. The molecule has 5 aliphatic rings. The van der Waals surface area contributed by atoms with Gasteiger partial charge in [-0.1, -0.05) is 52.0 Å². The van der Waals surface area contributed by atoms with Crippen LogP contribution >= 0.6 is 0 Å². The Morgan fingerprint density at radius 3 is 2.63 bits per heavy atom.